The molecule has 0 aromatic heterocycles. The molecule has 0 saturated carbocycles. The summed E-state index contributed by atoms with van der Waals surface area (Å²) in [5.74, 6) is -4.35. The monoisotopic (exact) mass is 952 g/mol. The predicted octanol–water partition coefficient (Wildman–Crippen LogP) is 10.5. The van der Waals surface area contributed by atoms with Gasteiger partial charge in [-0.2, -0.15) is 0 Å². The van der Waals surface area contributed by atoms with Gasteiger partial charge < -0.3 is 28.4 Å². The van der Waals surface area contributed by atoms with Crippen molar-refractivity contribution in [2.24, 2.45) is 11.8 Å². The van der Waals surface area contributed by atoms with Crippen molar-refractivity contribution in [2.75, 3.05) is 27.4 Å². The zero-order valence-electron chi connectivity index (χ0n) is 39.8. The maximum atomic E-state index is 13.1. The lowest BCUT2D eigenvalue weighted by molar-refractivity contribution is -0.150. The van der Waals surface area contributed by atoms with Gasteiger partial charge >= 0.3 is 23.9 Å². The number of rotatable bonds is 20. The van der Waals surface area contributed by atoms with Crippen LogP contribution >= 0.6 is 0 Å². The summed E-state index contributed by atoms with van der Waals surface area (Å²) in [5, 5.41) is 0. The largest absolute Gasteiger partial charge is 0.493 e. The Labute approximate surface area is 411 Å². The summed E-state index contributed by atoms with van der Waals surface area (Å²) < 4.78 is 33.5. The summed E-state index contributed by atoms with van der Waals surface area (Å²) >= 11 is 0. The zero-order chi connectivity index (χ0) is 50.0. The Morgan fingerprint density at radius 1 is 0.465 bits per heavy atom. The Morgan fingerprint density at radius 2 is 0.803 bits per heavy atom. The first-order chi connectivity index (χ1) is 34.4. The first-order valence-corrected chi connectivity index (χ1v) is 23.3. The number of allylic oxidation sites excluding steroid dienone is 2. The highest BCUT2D eigenvalue weighted by molar-refractivity contribution is 6.11. The van der Waals surface area contributed by atoms with E-state index in [0.717, 1.165) is 44.5 Å². The number of benzene rings is 6. The standard InChI is InChI=1S/C59H52O12/c1-36(29-56(62)68-34-50-46-17-9-5-13-42(46)43-14-6-10-18-47(43)50)58(64)70-52-27-23-38(31-54(52)66-3)21-25-40(60)33-41(61)26-22-39-24-28-53(55(32-39)67-4)71-59(65)37(2)30-57(63)69-35-51-48-19-11-7-15-44(48)45-16-8-12-20-49(45)51/h5-28,31-32,36-37,50-51H,29-30,33-35H2,1-4H3/b25-21+,26-22+/t36-,37-/m1/s1. The first-order valence-electron chi connectivity index (χ1n) is 23.3. The first kappa shape index (κ1) is 49.1. The number of carbonyl (C=O) groups is 6. The fourth-order valence-corrected chi connectivity index (χ4v) is 8.85. The average molecular weight is 953 g/mol. The molecule has 0 radical (unpaired) electrons. The molecule has 6 aromatic carbocycles. The molecule has 12 heteroatoms. The number of hydrogen-bond acceptors (Lipinski definition) is 12. The number of ketones is 2. The SMILES string of the molecule is COc1cc(/C=C/C(=O)CC(=O)/C=C/c2ccc(OC(=O)[C@H](C)CC(=O)OCC3c4ccccc4-c4ccccc43)c(OC)c2)ccc1OC(=O)[C@H](C)CC(=O)OCC1c2ccccc2-c2ccccc21. The van der Waals surface area contributed by atoms with Crippen LogP contribution in [0.1, 0.15) is 78.3 Å². The molecule has 12 nitrogen and oxygen atoms in total. The summed E-state index contributed by atoms with van der Waals surface area (Å²) in [5.41, 5.74) is 9.93. The van der Waals surface area contributed by atoms with Gasteiger partial charge in [0.05, 0.1) is 45.3 Å². The van der Waals surface area contributed by atoms with E-state index in [1.165, 1.54) is 50.7 Å². The Bertz CT molecular complexity index is 2780. The van der Waals surface area contributed by atoms with Gasteiger partial charge in [-0.1, -0.05) is 135 Å². The molecule has 2 atom stereocenters. The Morgan fingerprint density at radius 3 is 1.14 bits per heavy atom. The predicted molar refractivity (Wildman–Crippen MR) is 267 cm³/mol. The van der Waals surface area contributed by atoms with Crippen molar-refractivity contribution in [3.63, 3.8) is 0 Å². The topological polar surface area (TPSA) is 158 Å². The molecular formula is C59H52O12. The summed E-state index contributed by atoms with van der Waals surface area (Å²) in [4.78, 5) is 77.5. The molecule has 0 N–H and O–H groups in total. The van der Waals surface area contributed by atoms with E-state index in [-0.39, 0.29) is 60.9 Å². The van der Waals surface area contributed by atoms with Gasteiger partial charge in [-0.05, 0) is 92.1 Å². The fraction of sp³-hybridized carbons (Fsp3) is 0.220. The number of carbonyl (C=O) groups excluding carboxylic acids is 6. The molecule has 6 aromatic rings. The van der Waals surface area contributed by atoms with Crippen molar-refractivity contribution in [2.45, 2.75) is 44.9 Å². The summed E-state index contributed by atoms with van der Waals surface area (Å²) in [7, 11) is 2.81. The third-order valence-electron chi connectivity index (χ3n) is 12.6. The molecule has 0 heterocycles. The van der Waals surface area contributed by atoms with Gasteiger partial charge in [-0.15, -0.1) is 0 Å². The van der Waals surface area contributed by atoms with Crippen molar-refractivity contribution in [1.82, 2.24) is 0 Å². The van der Waals surface area contributed by atoms with E-state index < -0.39 is 53.7 Å². The van der Waals surface area contributed by atoms with E-state index in [2.05, 4.69) is 24.3 Å². The molecule has 0 unspecified atom stereocenters. The van der Waals surface area contributed by atoms with Crippen LogP contribution in [0.2, 0.25) is 0 Å². The lowest BCUT2D eigenvalue weighted by Crippen LogP contribution is -2.23. The molecule has 360 valence electrons. The summed E-state index contributed by atoms with van der Waals surface area (Å²) in [6.07, 6.45) is 4.79. The molecule has 8 rings (SSSR count). The lowest BCUT2D eigenvalue weighted by atomic mass is 9.98. The number of fused-ring (bicyclic) bond motifs is 6. The minimum Gasteiger partial charge on any atom is -0.493 e. The van der Waals surface area contributed by atoms with Crippen molar-refractivity contribution < 1.29 is 57.2 Å². The van der Waals surface area contributed by atoms with Crippen LogP contribution in [0.4, 0.5) is 0 Å². The molecule has 0 bridgehead atoms. The zero-order valence-corrected chi connectivity index (χ0v) is 39.8. The second kappa shape index (κ2) is 22.4. The van der Waals surface area contributed by atoms with E-state index in [4.69, 9.17) is 28.4 Å². The maximum absolute atomic E-state index is 13.1. The van der Waals surface area contributed by atoms with Crippen molar-refractivity contribution >= 4 is 47.6 Å². The van der Waals surface area contributed by atoms with Crippen LogP contribution < -0.4 is 18.9 Å². The Kier molecular flexibility index (Phi) is 15.5. The van der Waals surface area contributed by atoms with Gasteiger partial charge in [0, 0.05) is 11.8 Å². The third-order valence-corrected chi connectivity index (χ3v) is 12.6. The fourth-order valence-electron chi connectivity index (χ4n) is 8.85. The van der Waals surface area contributed by atoms with Crippen LogP contribution in [0.5, 0.6) is 23.0 Å². The van der Waals surface area contributed by atoms with Gasteiger partial charge in [0.25, 0.3) is 0 Å². The minimum atomic E-state index is -0.809. The van der Waals surface area contributed by atoms with Crippen LogP contribution in [0, 0.1) is 11.8 Å². The van der Waals surface area contributed by atoms with Crippen LogP contribution in [0.25, 0.3) is 34.4 Å². The van der Waals surface area contributed by atoms with Crippen LogP contribution in [-0.4, -0.2) is 62.9 Å². The Hall–Kier alpha value is -8.38. The molecule has 0 amide bonds. The second-order valence-electron chi connectivity index (χ2n) is 17.5. The van der Waals surface area contributed by atoms with E-state index in [0.29, 0.717) is 11.1 Å². The van der Waals surface area contributed by atoms with Gasteiger partial charge in [-0.25, -0.2) is 0 Å². The van der Waals surface area contributed by atoms with E-state index in [1.807, 2.05) is 72.8 Å². The highest BCUT2D eigenvalue weighted by atomic mass is 16.6. The van der Waals surface area contributed by atoms with Gasteiger partial charge in [-0.3, -0.25) is 28.8 Å². The molecule has 71 heavy (non-hydrogen) atoms. The van der Waals surface area contributed by atoms with Gasteiger partial charge in [0.1, 0.15) is 13.2 Å². The molecule has 0 fully saturated rings. The molecule has 2 aliphatic rings. The molecule has 0 aliphatic heterocycles. The van der Waals surface area contributed by atoms with Crippen LogP contribution in [-0.2, 0) is 38.2 Å². The number of ether oxygens (including phenoxy) is 6. The van der Waals surface area contributed by atoms with Crippen molar-refractivity contribution in [3.8, 4) is 45.3 Å². The summed E-state index contributed by atoms with van der Waals surface area (Å²) in [6.45, 7) is 3.47. The lowest BCUT2D eigenvalue weighted by Gasteiger charge is -2.16. The second-order valence-corrected chi connectivity index (χ2v) is 17.5. The highest BCUT2D eigenvalue weighted by Crippen LogP contribution is 2.46. The normalized spacial score (nSPS) is 13.4. The molecule has 0 saturated heterocycles. The van der Waals surface area contributed by atoms with Crippen molar-refractivity contribution in [1.29, 1.82) is 0 Å². The van der Waals surface area contributed by atoms with E-state index >= 15 is 0 Å². The Balaban J connectivity index is 0.771. The van der Waals surface area contributed by atoms with Gasteiger partial charge in [0.15, 0.2) is 34.6 Å². The molecular weight excluding hydrogens is 901 g/mol. The van der Waals surface area contributed by atoms with Crippen LogP contribution in [0.3, 0.4) is 0 Å². The third kappa shape index (κ3) is 11.6. The van der Waals surface area contributed by atoms with E-state index in [1.54, 1.807) is 38.1 Å². The van der Waals surface area contributed by atoms with Crippen LogP contribution in [0.15, 0.2) is 146 Å². The van der Waals surface area contributed by atoms with Crippen molar-refractivity contribution in [3.05, 3.63) is 179 Å². The van der Waals surface area contributed by atoms with E-state index in [9.17, 15) is 28.8 Å². The quantitative estimate of drug-likeness (QED) is 0.0309. The number of hydrogen-bond donors (Lipinski definition) is 0. The maximum Gasteiger partial charge on any atom is 0.314 e. The van der Waals surface area contributed by atoms with Gasteiger partial charge in [0.2, 0.25) is 0 Å². The highest BCUT2D eigenvalue weighted by Gasteiger charge is 2.32. The smallest absolute Gasteiger partial charge is 0.314 e. The summed E-state index contributed by atoms with van der Waals surface area (Å²) in [6, 6.07) is 41.6. The number of esters is 4. The number of methoxy groups -OCH3 is 2. The minimum absolute atomic E-state index is 0.101. The molecule has 2 aliphatic carbocycles. The average Bonchev–Trinajstić information content (AvgIpc) is 3.88. The molecule has 0 spiro atoms.